The zero-order chi connectivity index (χ0) is 14.5. The molecule has 1 aliphatic carbocycles. The summed E-state index contributed by atoms with van der Waals surface area (Å²) in [6.45, 7) is 6.41. The highest BCUT2D eigenvalue weighted by atomic mass is 16.5. The number of carbonyl (C=O) groups excluding carboxylic acids is 1. The lowest BCUT2D eigenvalue weighted by Gasteiger charge is -2.16. The van der Waals surface area contributed by atoms with E-state index >= 15 is 0 Å². The highest BCUT2D eigenvalue weighted by Gasteiger charge is 2.45. The smallest absolute Gasteiger partial charge is 0.217 e. The molecule has 3 rings (SSSR count). The summed E-state index contributed by atoms with van der Waals surface area (Å²) in [5.74, 6) is 2.41. The summed E-state index contributed by atoms with van der Waals surface area (Å²) < 4.78 is 6.00. The number of fused-ring (bicyclic) bond motifs is 1. The Labute approximate surface area is 120 Å². The van der Waals surface area contributed by atoms with Crippen molar-refractivity contribution in [2.24, 2.45) is 17.6 Å². The van der Waals surface area contributed by atoms with Gasteiger partial charge in [0.15, 0.2) is 0 Å². The first kappa shape index (κ1) is 13.5. The number of primary amides is 1. The van der Waals surface area contributed by atoms with Gasteiger partial charge in [-0.25, -0.2) is 0 Å². The summed E-state index contributed by atoms with van der Waals surface area (Å²) in [4.78, 5) is 11.1. The largest absolute Gasteiger partial charge is 0.487 e. The van der Waals surface area contributed by atoms with Crippen molar-refractivity contribution in [1.82, 2.24) is 0 Å². The number of rotatable bonds is 4. The second-order valence-corrected chi connectivity index (χ2v) is 7.02. The van der Waals surface area contributed by atoms with Gasteiger partial charge >= 0.3 is 0 Å². The van der Waals surface area contributed by atoms with Crippen LogP contribution >= 0.6 is 0 Å². The summed E-state index contributed by atoms with van der Waals surface area (Å²) in [5.41, 5.74) is 8.01. The molecular weight excluding hydrogens is 250 g/mol. The van der Waals surface area contributed by atoms with E-state index in [-0.39, 0.29) is 11.5 Å². The maximum absolute atomic E-state index is 11.1. The van der Waals surface area contributed by atoms with E-state index in [1.807, 2.05) is 0 Å². The molecular formula is C17H23NO2. The van der Waals surface area contributed by atoms with Crippen molar-refractivity contribution in [2.75, 3.05) is 0 Å². The van der Waals surface area contributed by atoms with Crippen LogP contribution in [0.15, 0.2) is 18.2 Å². The van der Waals surface area contributed by atoms with Crippen molar-refractivity contribution in [1.29, 1.82) is 0 Å². The third-order valence-electron chi connectivity index (χ3n) is 4.65. The molecule has 0 saturated heterocycles. The van der Waals surface area contributed by atoms with Crippen LogP contribution in [-0.4, -0.2) is 11.5 Å². The molecule has 108 valence electrons. The fourth-order valence-electron chi connectivity index (χ4n) is 3.64. The van der Waals surface area contributed by atoms with E-state index in [9.17, 15) is 4.79 Å². The summed E-state index contributed by atoms with van der Waals surface area (Å²) >= 11 is 0. The second kappa shape index (κ2) is 4.51. The molecule has 1 amide bonds. The van der Waals surface area contributed by atoms with E-state index in [1.54, 1.807) is 0 Å². The highest BCUT2D eigenvalue weighted by Crippen LogP contribution is 2.55. The fraction of sp³-hybridized carbons (Fsp3) is 0.588. The molecule has 0 aromatic heterocycles. The number of amides is 1. The molecule has 1 aliphatic heterocycles. The SMILES string of the molecule is CC(CC(N)=O)C1CC1c1cccc2c1CC(C)(C)O2. The summed E-state index contributed by atoms with van der Waals surface area (Å²) in [7, 11) is 0. The van der Waals surface area contributed by atoms with Crippen molar-refractivity contribution >= 4 is 5.91 Å². The number of carbonyl (C=O) groups is 1. The fourth-order valence-corrected chi connectivity index (χ4v) is 3.64. The van der Waals surface area contributed by atoms with Crippen molar-refractivity contribution in [3.05, 3.63) is 29.3 Å². The Kier molecular flexibility index (Phi) is 3.03. The number of benzene rings is 1. The molecule has 2 aliphatic rings. The lowest BCUT2D eigenvalue weighted by atomic mass is 9.92. The molecule has 0 bridgehead atoms. The predicted octanol–water partition coefficient (Wildman–Crippen LogP) is 3.02. The van der Waals surface area contributed by atoms with E-state index in [1.165, 1.54) is 17.5 Å². The standard InChI is InChI=1S/C17H23NO2/c1-10(7-16(18)19)12-8-13(12)11-5-4-6-15-14(11)9-17(2,3)20-15/h4-6,10,12-13H,7-9H2,1-3H3,(H2,18,19). The predicted molar refractivity (Wildman–Crippen MR) is 78.7 cm³/mol. The summed E-state index contributed by atoms with van der Waals surface area (Å²) in [6.07, 6.45) is 2.65. The Balaban J connectivity index is 1.78. The minimum absolute atomic E-state index is 0.0956. The minimum atomic E-state index is -0.189. The lowest BCUT2D eigenvalue weighted by molar-refractivity contribution is -0.118. The van der Waals surface area contributed by atoms with Crippen LogP contribution < -0.4 is 10.5 Å². The van der Waals surface area contributed by atoms with Crippen LogP contribution in [0.1, 0.15) is 50.7 Å². The molecule has 1 saturated carbocycles. The van der Waals surface area contributed by atoms with Gasteiger partial charge in [-0.05, 0) is 49.7 Å². The zero-order valence-electron chi connectivity index (χ0n) is 12.5. The highest BCUT2D eigenvalue weighted by molar-refractivity contribution is 5.74. The van der Waals surface area contributed by atoms with Crippen molar-refractivity contribution in [3.8, 4) is 5.75 Å². The van der Waals surface area contributed by atoms with Crippen LogP contribution in [0, 0.1) is 11.8 Å². The van der Waals surface area contributed by atoms with E-state index in [2.05, 4.69) is 39.0 Å². The van der Waals surface area contributed by atoms with E-state index < -0.39 is 0 Å². The number of nitrogens with two attached hydrogens (primary N) is 1. The normalized spacial score (nSPS) is 27.6. The number of hydrogen-bond acceptors (Lipinski definition) is 2. The molecule has 1 aromatic rings. The van der Waals surface area contributed by atoms with Crippen molar-refractivity contribution in [3.63, 3.8) is 0 Å². The van der Waals surface area contributed by atoms with Gasteiger partial charge in [-0.1, -0.05) is 19.1 Å². The third kappa shape index (κ3) is 2.41. The first-order valence-corrected chi connectivity index (χ1v) is 7.46. The van der Waals surface area contributed by atoms with E-state index in [0.29, 0.717) is 24.2 Å². The van der Waals surface area contributed by atoms with Gasteiger partial charge < -0.3 is 10.5 Å². The Hall–Kier alpha value is -1.51. The average molecular weight is 273 g/mol. The molecule has 1 heterocycles. The first-order valence-electron chi connectivity index (χ1n) is 7.46. The quantitative estimate of drug-likeness (QED) is 0.916. The Morgan fingerprint density at radius 1 is 1.50 bits per heavy atom. The Bertz CT molecular complexity index is 550. The number of ether oxygens (including phenoxy) is 1. The van der Waals surface area contributed by atoms with Gasteiger partial charge in [-0.3, -0.25) is 4.79 Å². The Morgan fingerprint density at radius 2 is 2.25 bits per heavy atom. The van der Waals surface area contributed by atoms with Crippen LogP contribution in [0.3, 0.4) is 0 Å². The molecule has 3 unspecified atom stereocenters. The van der Waals surface area contributed by atoms with Crippen LogP contribution in [0.25, 0.3) is 0 Å². The molecule has 0 radical (unpaired) electrons. The van der Waals surface area contributed by atoms with Crippen LogP contribution in [-0.2, 0) is 11.2 Å². The molecule has 2 N–H and O–H groups in total. The molecule has 3 nitrogen and oxygen atoms in total. The summed E-state index contributed by atoms with van der Waals surface area (Å²) in [5, 5.41) is 0. The van der Waals surface area contributed by atoms with Gasteiger partial charge in [0, 0.05) is 18.4 Å². The van der Waals surface area contributed by atoms with E-state index in [4.69, 9.17) is 10.5 Å². The van der Waals surface area contributed by atoms with Crippen molar-refractivity contribution < 1.29 is 9.53 Å². The topological polar surface area (TPSA) is 52.3 Å². The first-order chi connectivity index (χ1) is 9.37. The van der Waals surface area contributed by atoms with Gasteiger partial charge in [-0.15, -0.1) is 0 Å². The zero-order valence-corrected chi connectivity index (χ0v) is 12.5. The molecule has 3 heteroatoms. The monoisotopic (exact) mass is 273 g/mol. The van der Waals surface area contributed by atoms with Gasteiger partial charge in [-0.2, -0.15) is 0 Å². The molecule has 20 heavy (non-hydrogen) atoms. The molecule has 3 atom stereocenters. The molecule has 1 aromatic carbocycles. The van der Waals surface area contributed by atoms with Gasteiger partial charge in [0.2, 0.25) is 5.91 Å². The molecule has 0 spiro atoms. The maximum atomic E-state index is 11.1. The Morgan fingerprint density at radius 3 is 2.95 bits per heavy atom. The van der Waals surface area contributed by atoms with Crippen LogP contribution in [0.4, 0.5) is 0 Å². The van der Waals surface area contributed by atoms with Gasteiger partial charge in [0.25, 0.3) is 0 Å². The van der Waals surface area contributed by atoms with E-state index in [0.717, 1.165) is 12.2 Å². The molecule has 1 fully saturated rings. The summed E-state index contributed by atoms with van der Waals surface area (Å²) in [6, 6.07) is 6.38. The maximum Gasteiger partial charge on any atom is 0.217 e. The van der Waals surface area contributed by atoms with Gasteiger partial charge in [0.1, 0.15) is 11.4 Å². The van der Waals surface area contributed by atoms with Crippen LogP contribution in [0.2, 0.25) is 0 Å². The number of hydrogen-bond donors (Lipinski definition) is 1. The average Bonchev–Trinajstić information content (AvgIpc) is 3.04. The van der Waals surface area contributed by atoms with Gasteiger partial charge in [0.05, 0.1) is 0 Å². The minimum Gasteiger partial charge on any atom is -0.487 e. The van der Waals surface area contributed by atoms with Crippen LogP contribution in [0.5, 0.6) is 5.75 Å². The second-order valence-electron chi connectivity index (χ2n) is 7.02. The lowest BCUT2D eigenvalue weighted by Crippen LogP contribution is -2.24. The van der Waals surface area contributed by atoms with Crippen molar-refractivity contribution in [2.45, 2.75) is 51.6 Å². The third-order valence-corrected chi connectivity index (χ3v) is 4.65.